The Bertz CT molecular complexity index is 1050. The summed E-state index contributed by atoms with van der Waals surface area (Å²) < 4.78 is 11.4. The van der Waals surface area contributed by atoms with Crippen molar-refractivity contribution < 1.29 is 19.1 Å². The van der Waals surface area contributed by atoms with Gasteiger partial charge in [-0.3, -0.25) is 0 Å². The smallest absolute Gasteiger partial charge is 0.337 e. The number of esters is 1. The van der Waals surface area contributed by atoms with Crippen molar-refractivity contribution in [1.29, 1.82) is 0 Å². The van der Waals surface area contributed by atoms with Crippen molar-refractivity contribution in [3.05, 3.63) is 58.1 Å². The van der Waals surface area contributed by atoms with E-state index in [1.807, 2.05) is 18.2 Å². The Balaban J connectivity index is 1.56. The predicted molar refractivity (Wildman–Crippen MR) is 124 cm³/mol. The maximum atomic E-state index is 12.2. The lowest BCUT2D eigenvalue weighted by molar-refractivity contribution is -0.115. The molecule has 3 atom stereocenters. The Morgan fingerprint density at radius 3 is 2.91 bits per heavy atom. The molecule has 0 bridgehead atoms. The summed E-state index contributed by atoms with van der Waals surface area (Å²) in [6, 6.07) is 11.7. The zero-order chi connectivity index (χ0) is 22.3. The van der Waals surface area contributed by atoms with E-state index in [-0.39, 0.29) is 17.3 Å². The highest BCUT2D eigenvalue weighted by atomic mass is 35.5. The van der Waals surface area contributed by atoms with E-state index in [2.05, 4.69) is 17.0 Å². The summed E-state index contributed by atoms with van der Waals surface area (Å²) in [4.78, 5) is 26.1. The summed E-state index contributed by atoms with van der Waals surface area (Å²) in [6.45, 7) is 2.13. The van der Waals surface area contributed by atoms with Crippen molar-refractivity contribution in [2.75, 3.05) is 31.7 Å². The number of rotatable bonds is 4. The summed E-state index contributed by atoms with van der Waals surface area (Å²) in [5.41, 5.74) is 3.85. The van der Waals surface area contributed by atoms with Gasteiger partial charge in [0.15, 0.2) is 0 Å². The van der Waals surface area contributed by atoms with Gasteiger partial charge in [0.25, 0.3) is 0 Å². The lowest BCUT2D eigenvalue weighted by atomic mass is 9.69. The number of ether oxygens (including phenoxy) is 2. The highest BCUT2D eigenvalue weighted by Gasteiger charge is 2.43. The third-order valence-corrected chi connectivity index (χ3v) is 7.80. The van der Waals surface area contributed by atoms with E-state index in [1.165, 1.54) is 18.2 Å². The molecule has 6 heteroatoms. The number of carbonyl (C=O) groups is 2. The van der Waals surface area contributed by atoms with Crippen LogP contribution in [-0.4, -0.2) is 39.1 Å². The van der Waals surface area contributed by atoms with E-state index in [0.29, 0.717) is 18.1 Å². The second-order valence-corrected chi connectivity index (χ2v) is 9.85. The molecule has 3 aliphatic rings. The van der Waals surface area contributed by atoms with E-state index in [1.54, 1.807) is 6.07 Å². The van der Waals surface area contributed by atoms with Gasteiger partial charge in [0, 0.05) is 29.4 Å². The Labute approximate surface area is 193 Å². The van der Waals surface area contributed by atoms with Gasteiger partial charge in [-0.05, 0) is 79.5 Å². The highest BCUT2D eigenvalue weighted by molar-refractivity contribution is 6.30. The number of anilines is 1. The number of carbonyl (C=O) groups excluding carboxylic acids is 2. The molecular formula is C26H28ClNO4. The molecule has 5 rings (SSSR count). The molecule has 1 saturated carbocycles. The number of nitrogens with zero attached hydrogens (tertiary/aromatic N) is 1. The lowest BCUT2D eigenvalue weighted by Gasteiger charge is -2.43. The molecule has 1 heterocycles. The molecule has 0 amide bonds. The highest BCUT2D eigenvalue weighted by Crippen LogP contribution is 2.46. The van der Waals surface area contributed by atoms with Gasteiger partial charge in [0.05, 0.1) is 25.0 Å². The largest absolute Gasteiger partial charge is 0.490 e. The van der Waals surface area contributed by atoms with E-state index < -0.39 is 0 Å². The first-order valence-electron chi connectivity index (χ1n) is 11.4. The molecule has 2 aromatic carbocycles. The molecule has 5 nitrogen and oxygen atoms in total. The van der Waals surface area contributed by atoms with Gasteiger partial charge in [0.1, 0.15) is 12.0 Å². The van der Waals surface area contributed by atoms with Crippen LogP contribution in [0.15, 0.2) is 36.4 Å². The summed E-state index contributed by atoms with van der Waals surface area (Å²) >= 11 is 6.31. The fourth-order valence-electron chi connectivity index (χ4n) is 5.64. The van der Waals surface area contributed by atoms with Crippen LogP contribution in [0.1, 0.15) is 47.2 Å². The van der Waals surface area contributed by atoms with E-state index in [9.17, 15) is 9.59 Å². The van der Waals surface area contributed by atoms with Crippen LogP contribution in [0.25, 0.3) is 0 Å². The van der Waals surface area contributed by atoms with Gasteiger partial charge in [0.2, 0.25) is 0 Å². The number of aryl methyl sites for hydroxylation is 1. The summed E-state index contributed by atoms with van der Waals surface area (Å²) in [7, 11) is 1.39. The molecule has 1 spiro atoms. The second kappa shape index (κ2) is 8.43. The fourth-order valence-corrected chi connectivity index (χ4v) is 5.84. The van der Waals surface area contributed by atoms with Crippen molar-refractivity contribution in [2.24, 2.45) is 11.8 Å². The minimum Gasteiger partial charge on any atom is -0.490 e. The summed E-state index contributed by atoms with van der Waals surface area (Å²) in [6.07, 6.45) is 6.23. The fraction of sp³-hybridized carbons (Fsp3) is 0.462. The maximum Gasteiger partial charge on any atom is 0.337 e. The molecular weight excluding hydrogens is 426 g/mol. The number of halogens is 1. The van der Waals surface area contributed by atoms with E-state index >= 15 is 0 Å². The minimum atomic E-state index is -0.362. The molecule has 0 radical (unpaired) electrons. The average Bonchev–Trinajstić information content (AvgIpc) is 2.93. The van der Waals surface area contributed by atoms with Crippen molar-refractivity contribution in [3.63, 3.8) is 0 Å². The van der Waals surface area contributed by atoms with Gasteiger partial charge >= 0.3 is 5.97 Å². The lowest BCUT2D eigenvalue weighted by Crippen LogP contribution is -2.48. The molecule has 2 aromatic rings. The number of benzene rings is 2. The predicted octanol–water partition coefficient (Wildman–Crippen LogP) is 4.82. The molecule has 1 aliphatic heterocycles. The summed E-state index contributed by atoms with van der Waals surface area (Å²) in [5, 5.41) is 0.765. The van der Waals surface area contributed by atoms with Crippen LogP contribution in [-0.2, 0) is 21.4 Å². The van der Waals surface area contributed by atoms with Crippen LogP contribution in [0.3, 0.4) is 0 Å². The first-order chi connectivity index (χ1) is 15.5. The van der Waals surface area contributed by atoms with Gasteiger partial charge in [-0.2, -0.15) is 0 Å². The van der Waals surface area contributed by atoms with Gasteiger partial charge in [-0.25, -0.2) is 4.79 Å². The monoisotopic (exact) mass is 453 g/mol. The third-order valence-electron chi connectivity index (χ3n) is 7.56. The second-order valence-electron chi connectivity index (χ2n) is 9.42. The van der Waals surface area contributed by atoms with Crippen molar-refractivity contribution in [3.8, 4) is 5.75 Å². The van der Waals surface area contributed by atoms with Crippen LogP contribution in [0.5, 0.6) is 5.75 Å². The van der Waals surface area contributed by atoms with Crippen molar-refractivity contribution in [1.82, 2.24) is 0 Å². The average molecular weight is 454 g/mol. The SMILES string of the molecule is COC(=O)c1ccc2c(c1)N(CC1CCC1C=O)C[C@@]1(CCCc3cc(Cl)ccc31)CO2. The van der Waals surface area contributed by atoms with Crippen LogP contribution < -0.4 is 9.64 Å². The molecule has 0 N–H and O–H groups in total. The Morgan fingerprint density at radius 2 is 2.16 bits per heavy atom. The number of aldehydes is 1. The number of fused-ring (bicyclic) bond motifs is 3. The van der Waals surface area contributed by atoms with Gasteiger partial charge in [-0.15, -0.1) is 0 Å². The molecule has 2 aliphatic carbocycles. The Morgan fingerprint density at radius 1 is 1.28 bits per heavy atom. The number of hydrogen-bond donors (Lipinski definition) is 0. The Hall–Kier alpha value is -2.53. The minimum absolute atomic E-state index is 0.111. The zero-order valence-electron chi connectivity index (χ0n) is 18.3. The van der Waals surface area contributed by atoms with Crippen molar-refractivity contribution in [2.45, 2.75) is 37.5 Å². The van der Waals surface area contributed by atoms with Crippen molar-refractivity contribution >= 4 is 29.5 Å². The summed E-state index contributed by atoms with van der Waals surface area (Å²) in [5.74, 6) is 0.849. The third kappa shape index (κ3) is 3.66. The van der Waals surface area contributed by atoms with E-state index in [4.69, 9.17) is 21.1 Å². The topological polar surface area (TPSA) is 55.8 Å². The molecule has 32 heavy (non-hydrogen) atoms. The number of hydrogen-bond acceptors (Lipinski definition) is 5. The van der Waals surface area contributed by atoms with Crippen LogP contribution >= 0.6 is 11.6 Å². The maximum absolute atomic E-state index is 12.2. The molecule has 0 aromatic heterocycles. The molecule has 0 saturated heterocycles. The standard InChI is InChI=1S/C26H28ClNO4/c1-31-25(30)18-6-9-24-23(12-18)28(13-19-4-5-20(19)14-29)15-26(16-32-24)10-2-3-17-11-21(27)7-8-22(17)26/h6-9,11-12,14,19-20H,2-5,10,13,15-16H2,1H3/t19?,20?,26-/m0/s1. The van der Waals surface area contributed by atoms with Gasteiger partial charge in [-0.1, -0.05) is 17.7 Å². The van der Waals surface area contributed by atoms with E-state index in [0.717, 1.165) is 67.9 Å². The molecule has 2 unspecified atom stereocenters. The van der Waals surface area contributed by atoms with Gasteiger partial charge < -0.3 is 19.2 Å². The van der Waals surface area contributed by atoms with Crippen LogP contribution in [0.4, 0.5) is 5.69 Å². The normalized spacial score (nSPS) is 26.2. The first kappa shape index (κ1) is 21.3. The quantitative estimate of drug-likeness (QED) is 0.490. The first-order valence-corrected chi connectivity index (χ1v) is 11.7. The van der Waals surface area contributed by atoms with Crippen LogP contribution in [0, 0.1) is 11.8 Å². The Kier molecular flexibility index (Phi) is 5.62. The molecule has 1 fully saturated rings. The zero-order valence-corrected chi connectivity index (χ0v) is 19.1. The van der Waals surface area contributed by atoms with Crippen LogP contribution in [0.2, 0.25) is 5.02 Å². The number of methoxy groups -OCH3 is 1. The molecule has 168 valence electrons.